The van der Waals surface area contributed by atoms with Crippen molar-refractivity contribution in [1.29, 1.82) is 0 Å². The molecule has 0 saturated heterocycles. The molecular weight excluding hydrogens is 206 g/mol. The van der Waals surface area contributed by atoms with Gasteiger partial charge in [-0.15, -0.1) is 5.32 Å². The van der Waals surface area contributed by atoms with Crippen LogP contribution in [-0.2, 0) is 0 Å². The van der Waals surface area contributed by atoms with E-state index in [1.165, 1.54) is 0 Å². The zero-order valence-electron chi connectivity index (χ0n) is 9.22. The minimum Gasteiger partial charge on any atom is -0.145 e. The Hall–Kier alpha value is -2.64. The van der Waals surface area contributed by atoms with E-state index in [0.29, 0.717) is 0 Å². The van der Waals surface area contributed by atoms with E-state index < -0.39 is 0 Å². The first-order chi connectivity index (χ1) is 8.45. The van der Waals surface area contributed by atoms with E-state index in [1.807, 2.05) is 60.7 Å². The highest BCUT2D eigenvalue weighted by atomic mass is 14.8. The molecule has 1 radical (unpaired) electrons. The van der Waals surface area contributed by atoms with E-state index in [2.05, 4.69) is 29.2 Å². The van der Waals surface area contributed by atoms with Crippen molar-refractivity contribution in [3.8, 4) is 23.9 Å². The molecule has 2 aromatic carbocycles. The molecule has 17 heavy (non-hydrogen) atoms. The Labute approximate surface area is 101 Å². The summed E-state index contributed by atoms with van der Waals surface area (Å²) in [6, 6.07) is 24.8. The van der Waals surface area contributed by atoms with Crippen LogP contribution in [0, 0.1) is 23.9 Å². The highest BCUT2D eigenvalue weighted by Gasteiger charge is 1.81. The second kappa shape index (κ2) is 6.05. The van der Waals surface area contributed by atoms with Crippen molar-refractivity contribution in [2.75, 3.05) is 0 Å². The van der Waals surface area contributed by atoms with E-state index in [0.717, 1.165) is 11.1 Å². The fourth-order valence-electron chi connectivity index (χ4n) is 1.26. The molecule has 0 aliphatic heterocycles. The fourth-order valence-corrected chi connectivity index (χ4v) is 1.26. The van der Waals surface area contributed by atoms with Crippen LogP contribution in [0.15, 0.2) is 60.7 Å². The number of hydrogen-bond acceptors (Lipinski definition) is 0. The Morgan fingerprint density at radius 2 is 1.00 bits per heavy atom. The minimum absolute atomic E-state index is 0.942. The standard InChI is InChI=1S/C16H10N/c1-3-7-15(8-4-1)11-13-17-14-12-16-9-5-2-6-10-16/h1-10H. The van der Waals surface area contributed by atoms with E-state index in [1.54, 1.807) is 0 Å². The monoisotopic (exact) mass is 216 g/mol. The summed E-state index contributed by atoms with van der Waals surface area (Å²) in [5, 5.41) is 3.84. The molecule has 2 aromatic rings. The third-order valence-electron chi connectivity index (χ3n) is 2.06. The average Bonchev–Trinajstić information content (AvgIpc) is 2.41. The van der Waals surface area contributed by atoms with Crippen LogP contribution in [0.3, 0.4) is 0 Å². The Kier molecular flexibility index (Phi) is 3.87. The molecule has 0 heterocycles. The quantitative estimate of drug-likeness (QED) is 0.601. The van der Waals surface area contributed by atoms with Crippen molar-refractivity contribution in [2.24, 2.45) is 0 Å². The molecular formula is C16H10N. The molecule has 0 N–H and O–H groups in total. The average molecular weight is 216 g/mol. The maximum atomic E-state index is 3.84. The van der Waals surface area contributed by atoms with Crippen molar-refractivity contribution in [2.45, 2.75) is 0 Å². The predicted octanol–water partition coefficient (Wildman–Crippen LogP) is 2.61. The second-order valence-electron chi connectivity index (χ2n) is 3.32. The van der Waals surface area contributed by atoms with Crippen molar-refractivity contribution < 1.29 is 0 Å². The summed E-state index contributed by atoms with van der Waals surface area (Å²) in [5.74, 6) is 5.82. The summed E-state index contributed by atoms with van der Waals surface area (Å²) in [5.41, 5.74) is 1.88. The Morgan fingerprint density at radius 1 is 0.588 bits per heavy atom. The number of hydrogen-bond donors (Lipinski definition) is 0. The van der Waals surface area contributed by atoms with Crippen LogP contribution in [0.25, 0.3) is 0 Å². The lowest BCUT2D eigenvalue weighted by Crippen LogP contribution is -1.84. The number of nitrogens with zero attached hydrogens (tertiary/aromatic N) is 1. The van der Waals surface area contributed by atoms with Gasteiger partial charge in [0.1, 0.15) is 0 Å². The molecule has 0 aromatic heterocycles. The van der Waals surface area contributed by atoms with Gasteiger partial charge in [-0.3, -0.25) is 0 Å². The first-order valence-electron chi connectivity index (χ1n) is 5.27. The summed E-state index contributed by atoms with van der Waals surface area (Å²) in [6.45, 7) is 0. The van der Waals surface area contributed by atoms with Gasteiger partial charge in [-0.2, -0.15) is 0 Å². The van der Waals surface area contributed by atoms with Crippen LogP contribution in [0.1, 0.15) is 11.1 Å². The number of benzene rings is 2. The van der Waals surface area contributed by atoms with Crippen molar-refractivity contribution >= 4 is 0 Å². The van der Waals surface area contributed by atoms with Gasteiger partial charge in [-0.1, -0.05) is 36.4 Å². The zero-order chi connectivity index (χ0) is 11.8. The van der Waals surface area contributed by atoms with Gasteiger partial charge >= 0.3 is 0 Å². The molecule has 2 rings (SSSR count). The Bertz CT molecular complexity index is 522. The van der Waals surface area contributed by atoms with Gasteiger partial charge in [0, 0.05) is 11.1 Å². The Balaban J connectivity index is 1.93. The van der Waals surface area contributed by atoms with E-state index in [-0.39, 0.29) is 0 Å². The molecule has 1 nitrogen and oxygen atoms in total. The second-order valence-corrected chi connectivity index (χ2v) is 3.32. The van der Waals surface area contributed by atoms with Gasteiger partial charge in [0.2, 0.25) is 0 Å². The van der Waals surface area contributed by atoms with Gasteiger partial charge < -0.3 is 0 Å². The highest BCUT2D eigenvalue weighted by Crippen LogP contribution is 1.95. The normalized spacial score (nSPS) is 8.24. The lowest BCUT2D eigenvalue weighted by atomic mass is 10.2. The first-order valence-corrected chi connectivity index (χ1v) is 5.27. The molecule has 1 heteroatoms. The maximum absolute atomic E-state index is 3.84. The lowest BCUT2D eigenvalue weighted by molar-refractivity contribution is 1.30. The molecule has 0 aliphatic rings. The van der Waals surface area contributed by atoms with Crippen molar-refractivity contribution in [3.05, 3.63) is 71.8 Å². The molecule has 0 spiro atoms. The molecule has 0 unspecified atom stereocenters. The van der Waals surface area contributed by atoms with Gasteiger partial charge in [-0.05, 0) is 36.1 Å². The molecule has 79 valence electrons. The maximum Gasteiger partial charge on any atom is 0.0502 e. The third-order valence-corrected chi connectivity index (χ3v) is 2.06. The molecule has 0 saturated carbocycles. The van der Waals surface area contributed by atoms with Crippen molar-refractivity contribution in [1.82, 2.24) is 5.32 Å². The van der Waals surface area contributed by atoms with E-state index in [9.17, 15) is 0 Å². The van der Waals surface area contributed by atoms with Crippen molar-refractivity contribution in [3.63, 3.8) is 0 Å². The third kappa shape index (κ3) is 3.78. The van der Waals surface area contributed by atoms with Gasteiger partial charge in [0.15, 0.2) is 0 Å². The summed E-state index contributed by atoms with van der Waals surface area (Å²) in [6.07, 6.45) is 0. The van der Waals surface area contributed by atoms with Crippen LogP contribution in [0.4, 0.5) is 0 Å². The highest BCUT2D eigenvalue weighted by molar-refractivity contribution is 5.36. The molecule has 0 aliphatic carbocycles. The van der Waals surface area contributed by atoms with E-state index >= 15 is 0 Å². The smallest absolute Gasteiger partial charge is 0.0502 e. The van der Waals surface area contributed by atoms with Crippen LogP contribution < -0.4 is 5.32 Å². The van der Waals surface area contributed by atoms with Gasteiger partial charge in [-0.25, -0.2) is 0 Å². The summed E-state index contributed by atoms with van der Waals surface area (Å²) >= 11 is 0. The largest absolute Gasteiger partial charge is 0.145 e. The van der Waals surface area contributed by atoms with Gasteiger partial charge in [0.05, 0.1) is 12.1 Å². The van der Waals surface area contributed by atoms with Crippen LogP contribution in [0.2, 0.25) is 0 Å². The lowest BCUT2D eigenvalue weighted by Gasteiger charge is -1.85. The Morgan fingerprint density at radius 3 is 1.41 bits per heavy atom. The predicted molar refractivity (Wildman–Crippen MR) is 68.8 cm³/mol. The molecule has 0 amide bonds. The van der Waals surface area contributed by atoms with E-state index in [4.69, 9.17) is 0 Å². The fraction of sp³-hybridized carbons (Fsp3) is 0. The zero-order valence-corrected chi connectivity index (χ0v) is 9.22. The molecule has 0 fully saturated rings. The van der Waals surface area contributed by atoms with Crippen LogP contribution in [-0.4, -0.2) is 0 Å². The summed E-state index contributed by atoms with van der Waals surface area (Å²) in [4.78, 5) is 0. The number of rotatable bonds is 0. The molecule has 0 bridgehead atoms. The van der Waals surface area contributed by atoms with Crippen LogP contribution >= 0.6 is 0 Å². The summed E-state index contributed by atoms with van der Waals surface area (Å²) in [7, 11) is 0. The SMILES string of the molecule is C(#Cc1ccccc1)[N]C#Cc1ccccc1. The first kappa shape index (κ1) is 10.9. The van der Waals surface area contributed by atoms with Gasteiger partial charge in [0.25, 0.3) is 0 Å². The van der Waals surface area contributed by atoms with Crippen LogP contribution in [0.5, 0.6) is 0 Å². The minimum atomic E-state index is 0.942. The topological polar surface area (TPSA) is 14.1 Å². The molecule has 0 atom stereocenters. The summed E-state index contributed by atoms with van der Waals surface area (Å²) < 4.78 is 0.